The van der Waals surface area contributed by atoms with Crippen LogP contribution in [0.5, 0.6) is 0 Å². The summed E-state index contributed by atoms with van der Waals surface area (Å²) in [5.74, 6) is 2.57. The first-order chi connectivity index (χ1) is 16.2. The Morgan fingerprint density at radius 2 is 1.53 bits per heavy atom. The molecular weight excluding hydrogens is 474 g/mol. The van der Waals surface area contributed by atoms with Gasteiger partial charge in [0, 0.05) is 6.54 Å². The smallest absolute Gasteiger partial charge is 0.187 e. The molecule has 7 N–H and O–H groups in total. The van der Waals surface area contributed by atoms with Gasteiger partial charge in [0.05, 0.1) is 20.3 Å². The average Bonchev–Trinajstić information content (AvgIpc) is 2.82. The van der Waals surface area contributed by atoms with Gasteiger partial charge in [-0.3, -0.25) is 4.84 Å². The Morgan fingerprint density at radius 1 is 0.853 bits per heavy atom. The van der Waals surface area contributed by atoms with Crippen molar-refractivity contribution in [2.75, 3.05) is 38.4 Å². The molecule has 2 aliphatic rings. The van der Waals surface area contributed by atoms with E-state index in [4.69, 9.17) is 19.0 Å². The third kappa shape index (κ3) is 7.68. The molecule has 34 heavy (non-hydrogen) atoms. The maximum absolute atomic E-state index is 10.8. The van der Waals surface area contributed by atoms with Crippen molar-refractivity contribution in [3.8, 4) is 0 Å². The highest BCUT2D eigenvalue weighted by atomic mass is 32.2. The van der Waals surface area contributed by atoms with Gasteiger partial charge < -0.3 is 50.0 Å². The highest BCUT2D eigenvalue weighted by Crippen LogP contribution is 2.30. The SMILES string of the molecule is CON(CCCSCCC(C)C)[C@@H]1OC(CO)[C@@H](O[C@@H]2OC(CO)[C@H](O)[C@H](O)C2O)[C@H](O)C1O. The summed E-state index contributed by atoms with van der Waals surface area (Å²) >= 11 is 1.82. The lowest BCUT2D eigenvalue weighted by Gasteiger charge is -2.47. The van der Waals surface area contributed by atoms with Gasteiger partial charge >= 0.3 is 0 Å². The fourth-order valence-corrected chi connectivity index (χ4v) is 5.05. The molecule has 2 aliphatic heterocycles. The number of hydroxylamine groups is 2. The molecule has 0 aromatic rings. The maximum Gasteiger partial charge on any atom is 0.187 e. The van der Waals surface area contributed by atoms with Gasteiger partial charge in [0.1, 0.15) is 48.8 Å². The first-order valence-electron chi connectivity index (χ1n) is 11.6. The van der Waals surface area contributed by atoms with Crippen LogP contribution in [0.1, 0.15) is 26.7 Å². The zero-order valence-electron chi connectivity index (χ0n) is 19.9. The molecule has 2 fully saturated rings. The lowest BCUT2D eigenvalue weighted by atomic mass is 9.96. The van der Waals surface area contributed by atoms with E-state index in [1.165, 1.54) is 12.2 Å². The summed E-state index contributed by atoms with van der Waals surface area (Å²) in [5, 5.41) is 72.1. The van der Waals surface area contributed by atoms with Gasteiger partial charge in [-0.25, -0.2) is 0 Å². The minimum atomic E-state index is -1.71. The van der Waals surface area contributed by atoms with Crippen molar-refractivity contribution in [2.24, 2.45) is 5.92 Å². The number of thioether (sulfide) groups is 1. The van der Waals surface area contributed by atoms with E-state index in [0.29, 0.717) is 12.5 Å². The molecule has 2 rings (SSSR count). The number of hydrogen-bond acceptors (Lipinski definition) is 13. The molecule has 12 nitrogen and oxygen atoms in total. The first-order valence-corrected chi connectivity index (χ1v) is 12.8. The summed E-state index contributed by atoms with van der Waals surface area (Å²) in [6.07, 6.45) is -12.5. The second-order valence-corrected chi connectivity index (χ2v) is 10.2. The van der Waals surface area contributed by atoms with Crippen LogP contribution in [0.2, 0.25) is 0 Å². The molecule has 0 spiro atoms. The lowest BCUT2D eigenvalue weighted by Crippen LogP contribution is -2.66. The van der Waals surface area contributed by atoms with Crippen molar-refractivity contribution in [2.45, 2.75) is 88.0 Å². The van der Waals surface area contributed by atoms with E-state index >= 15 is 0 Å². The summed E-state index contributed by atoms with van der Waals surface area (Å²) in [7, 11) is 1.42. The normalized spacial score (nSPS) is 39.2. The Kier molecular flexibility index (Phi) is 12.9. The monoisotopic (exact) mass is 515 g/mol. The van der Waals surface area contributed by atoms with E-state index in [-0.39, 0.29) is 0 Å². The molecule has 0 saturated carbocycles. The second-order valence-electron chi connectivity index (χ2n) is 9.00. The number of aliphatic hydroxyl groups is 7. The first kappa shape index (κ1) is 30.1. The van der Waals surface area contributed by atoms with E-state index in [1.54, 1.807) is 0 Å². The molecule has 0 radical (unpaired) electrons. The average molecular weight is 516 g/mol. The van der Waals surface area contributed by atoms with Crippen LogP contribution < -0.4 is 0 Å². The molecule has 4 unspecified atom stereocenters. The molecule has 2 saturated heterocycles. The Hall–Kier alpha value is -0.130. The summed E-state index contributed by atoms with van der Waals surface area (Å²) in [6, 6.07) is 0. The van der Waals surface area contributed by atoms with Crippen LogP contribution in [0.25, 0.3) is 0 Å². The highest BCUT2D eigenvalue weighted by molar-refractivity contribution is 7.99. The van der Waals surface area contributed by atoms with Crippen LogP contribution in [0.4, 0.5) is 0 Å². The van der Waals surface area contributed by atoms with Gasteiger partial charge in [-0.2, -0.15) is 16.8 Å². The minimum absolute atomic E-state index is 0.413. The molecule has 10 atom stereocenters. The molecule has 0 amide bonds. The van der Waals surface area contributed by atoms with Gasteiger partial charge in [-0.1, -0.05) is 13.8 Å². The largest absolute Gasteiger partial charge is 0.394 e. The van der Waals surface area contributed by atoms with Gasteiger partial charge in [-0.15, -0.1) is 0 Å². The van der Waals surface area contributed by atoms with Crippen molar-refractivity contribution in [1.29, 1.82) is 0 Å². The number of aliphatic hydroxyl groups excluding tert-OH is 7. The molecule has 13 heteroatoms. The van der Waals surface area contributed by atoms with Crippen LogP contribution in [0, 0.1) is 5.92 Å². The molecular formula is C21H41NO11S. The quantitative estimate of drug-likeness (QED) is 0.102. The van der Waals surface area contributed by atoms with Crippen LogP contribution in [-0.2, 0) is 19.0 Å². The third-order valence-electron chi connectivity index (χ3n) is 6.00. The van der Waals surface area contributed by atoms with Crippen LogP contribution >= 0.6 is 11.8 Å². The molecule has 2 heterocycles. The lowest BCUT2D eigenvalue weighted by molar-refractivity contribution is -0.366. The van der Waals surface area contributed by atoms with Gasteiger partial charge in [0.25, 0.3) is 0 Å². The Balaban J connectivity index is 1.98. The second kappa shape index (κ2) is 14.6. The van der Waals surface area contributed by atoms with Gasteiger partial charge in [0.15, 0.2) is 12.5 Å². The Morgan fingerprint density at radius 3 is 2.12 bits per heavy atom. The fourth-order valence-electron chi connectivity index (χ4n) is 3.87. The van der Waals surface area contributed by atoms with Crippen LogP contribution in [0.15, 0.2) is 0 Å². The third-order valence-corrected chi connectivity index (χ3v) is 7.11. The fraction of sp³-hybridized carbons (Fsp3) is 1.00. The summed E-state index contributed by atoms with van der Waals surface area (Å²) in [6.45, 7) is 3.51. The number of rotatable bonds is 13. The maximum atomic E-state index is 10.8. The number of hydrogen-bond donors (Lipinski definition) is 7. The number of nitrogens with zero attached hydrogens (tertiary/aromatic N) is 1. The van der Waals surface area contributed by atoms with E-state index in [1.807, 2.05) is 11.8 Å². The van der Waals surface area contributed by atoms with Crippen LogP contribution in [0.3, 0.4) is 0 Å². The van der Waals surface area contributed by atoms with Crippen molar-refractivity contribution in [1.82, 2.24) is 5.06 Å². The zero-order valence-corrected chi connectivity index (χ0v) is 20.7. The van der Waals surface area contributed by atoms with Gasteiger partial charge in [0.2, 0.25) is 0 Å². The molecule has 202 valence electrons. The summed E-state index contributed by atoms with van der Waals surface area (Å²) in [5.41, 5.74) is 0. The van der Waals surface area contributed by atoms with Crippen LogP contribution in [-0.4, -0.2) is 141 Å². The minimum Gasteiger partial charge on any atom is -0.394 e. The summed E-state index contributed by atoms with van der Waals surface area (Å²) in [4.78, 5) is 5.36. The highest BCUT2D eigenvalue weighted by Gasteiger charge is 2.51. The van der Waals surface area contributed by atoms with E-state index in [9.17, 15) is 35.7 Å². The Bertz CT molecular complexity index is 573. The summed E-state index contributed by atoms with van der Waals surface area (Å²) < 4.78 is 16.7. The molecule has 0 aliphatic carbocycles. The standard InChI is InChI=1S/C21H41NO11S/c1-11(2)5-8-34-7-4-6-22(30-3)20-17(28)16(27)19(13(10-24)31-20)33-21-18(29)15(26)14(25)12(9-23)32-21/h11-21,23-29H,4-10H2,1-3H3/t12?,13?,14-,15-,16+,17?,18?,19+,20+,21-/m0/s1. The van der Waals surface area contributed by atoms with E-state index < -0.39 is 74.6 Å². The van der Waals surface area contributed by atoms with E-state index in [2.05, 4.69) is 13.8 Å². The number of ether oxygens (including phenoxy) is 3. The van der Waals surface area contributed by atoms with Crippen molar-refractivity contribution >= 4 is 11.8 Å². The molecule has 0 aromatic heterocycles. The van der Waals surface area contributed by atoms with E-state index in [0.717, 1.165) is 24.3 Å². The van der Waals surface area contributed by atoms with Crippen molar-refractivity contribution in [3.05, 3.63) is 0 Å². The topological polar surface area (TPSA) is 182 Å². The van der Waals surface area contributed by atoms with Gasteiger partial charge in [-0.05, 0) is 30.3 Å². The van der Waals surface area contributed by atoms with Crippen molar-refractivity contribution in [3.63, 3.8) is 0 Å². The van der Waals surface area contributed by atoms with Crippen molar-refractivity contribution < 1.29 is 54.8 Å². The predicted octanol–water partition coefficient (Wildman–Crippen LogP) is -2.36. The molecule has 0 bridgehead atoms. The Labute approximate surface area is 204 Å². The predicted molar refractivity (Wildman–Crippen MR) is 122 cm³/mol. The molecule has 0 aromatic carbocycles. The zero-order chi connectivity index (χ0) is 25.4.